The second-order valence-corrected chi connectivity index (χ2v) is 6.35. The molecule has 114 valence electrons. The van der Waals surface area contributed by atoms with Gasteiger partial charge in [-0.05, 0) is 37.3 Å². The number of nitrogens with zero attached hydrogens (tertiary/aromatic N) is 2. The Bertz CT molecular complexity index is 517. The Kier molecular flexibility index (Phi) is 4.27. The van der Waals surface area contributed by atoms with Gasteiger partial charge in [0, 0.05) is 32.2 Å². The first-order valence-corrected chi connectivity index (χ1v) is 8.00. The molecule has 0 aromatic heterocycles. The average Bonchev–Trinajstić information content (AvgIpc) is 2.53. The molecule has 2 aliphatic heterocycles. The zero-order valence-corrected chi connectivity index (χ0v) is 12.8. The fraction of sp³-hybridized carbons (Fsp3) is 0.588. The van der Waals surface area contributed by atoms with Crippen LogP contribution in [0.15, 0.2) is 24.3 Å². The van der Waals surface area contributed by atoms with Crippen LogP contribution in [-0.2, 0) is 17.8 Å². The van der Waals surface area contributed by atoms with E-state index < -0.39 is 0 Å². The van der Waals surface area contributed by atoms with Crippen molar-refractivity contribution < 1.29 is 4.79 Å². The molecule has 21 heavy (non-hydrogen) atoms. The molecule has 4 heteroatoms. The standard InChI is InChI=1S/C17H25N3O/c1-13(17(21)20-9-4-7-16(18)12-20)19-10-8-14-5-2-3-6-15(14)11-19/h2-3,5-6,13,16H,4,7-12,18H2,1H3. The van der Waals surface area contributed by atoms with Gasteiger partial charge in [-0.3, -0.25) is 9.69 Å². The molecule has 0 saturated carbocycles. The number of amides is 1. The Morgan fingerprint density at radius 2 is 2.05 bits per heavy atom. The summed E-state index contributed by atoms with van der Waals surface area (Å²) in [6, 6.07) is 8.65. The van der Waals surface area contributed by atoms with E-state index in [-0.39, 0.29) is 18.0 Å². The molecule has 0 spiro atoms. The summed E-state index contributed by atoms with van der Waals surface area (Å²) in [5, 5.41) is 0. The topological polar surface area (TPSA) is 49.6 Å². The van der Waals surface area contributed by atoms with Gasteiger partial charge in [-0.25, -0.2) is 0 Å². The smallest absolute Gasteiger partial charge is 0.239 e. The summed E-state index contributed by atoms with van der Waals surface area (Å²) in [6.45, 7) is 5.46. The predicted molar refractivity (Wildman–Crippen MR) is 83.8 cm³/mol. The first-order valence-electron chi connectivity index (χ1n) is 8.00. The average molecular weight is 287 g/mol. The molecule has 1 amide bonds. The molecule has 2 unspecified atom stereocenters. The summed E-state index contributed by atoms with van der Waals surface area (Å²) in [4.78, 5) is 16.9. The Hall–Kier alpha value is -1.39. The van der Waals surface area contributed by atoms with Crippen LogP contribution in [0, 0.1) is 0 Å². The summed E-state index contributed by atoms with van der Waals surface area (Å²) < 4.78 is 0. The van der Waals surface area contributed by atoms with Gasteiger partial charge in [0.05, 0.1) is 6.04 Å². The maximum absolute atomic E-state index is 12.7. The van der Waals surface area contributed by atoms with E-state index in [0.717, 1.165) is 38.9 Å². The third kappa shape index (κ3) is 3.11. The fourth-order valence-electron chi connectivity index (χ4n) is 3.48. The highest BCUT2D eigenvalue weighted by Crippen LogP contribution is 2.21. The van der Waals surface area contributed by atoms with E-state index in [4.69, 9.17) is 5.73 Å². The first kappa shape index (κ1) is 14.5. The van der Waals surface area contributed by atoms with Crippen LogP contribution in [-0.4, -0.2) is 47.4 Å². The Balaban J connectivity index is 1.66. The summed E-state index contributed by atoms with van der Waals surface area (Å²) in [5.74, 6) is 0.240. The SMILES string of the molecule is CC(C(=O)N1CCCC(N)C1)N1CCc2ccccc2C1. The van der Waals surface area contributed by atoms with Crippen LogP contribution < -0.4 is 5.73 Å². The minimum atomic E-state index is -0.0522. The molecule has 0 radical (unpaired) electrons. The molecule has 0 aliphatic carbocycles. The number of nitrogens with two attached hydrogens (primary N) is 1. The van der Waals surface area contributed by atoms with Gasteiger partial charge in [0.1, 0.15) is 0 Å². The first-order chi connectivity index (χ1) is 10.1. The lowest BCUT2D eigenvalue weighted by Crippen LogP contribution is -2.53. The van der Waals surface area contributed by atoms with Crippen LogP contribution in [0.4, 0.5) is 0 Å². The van der Waals surface area contributed by atoms with Gasteiger partial charge in [0.15, 0.2) is 0 Å². The molecule has 1 aromatic rings. The van der Waals surface area contributed by atoms with Gasteiger partial charge in [-0.1, -0.05) is 24.3 Å². The largest absolute Gasteiger partial charge is 0.340 e. The van der Waals surface area contributed by atoms with E-state index in [0.29, 0.717) is 6.54 Å². The van der Waals surface area contributed by atoms with Crippen LogP contribution in [0.3, 0.4) is 0 Å². The van der Waals surface area contributed by atoms with Crippen molar-refractivity contribution in [2.75, 3.05) is 19.6 Å². The third-order valence-corrected chi connectivity index (χ3v) is 4.83. The molecule has 0 bridgehead atoms. The van der Waals surface area contributed by atoms with Crippen LogP contribution in [0.5, 0.6) is 0 Å². The zero-order valence-electron chi connectivity index (χ0n) is 12.8. The lowest BCUT2D eigenvalue weighted by atomic mass is 9.98. The van der Waals surface area contributed by atoms with Crippen molar-refractivity contribution in [1.29, 1.82) is 0 Å². The van der Waals surface area contributed by atoms with E-state index in [1.54, 1.807) is 0 Å². The maximum atomic E-state index is 12.7. The second-order valence-electron chi connectivity index (χ2n) is 6.35. The summed E-state index contributed by atoms with van der Waals surface area (Å²) in [5.41, 5.74) is 8.78. The number of piperidine rings is 1. The third-order valence-electron chi connectivity index (χ3n) is 4.83. The minimum absolute atomic E-state index is 0.0522. The van der Waals surface area contributed by atoms with Gasteiger partial charge in [-0.15, -0.1) is 0 Å². The van der Waals surface area contributed by atoms with Gasteiger partial charge < -0.3 is 10.6 Å². The lowest BCUT2D eigenvalue weighted by Gasteiger charge is -2.38. The molecule has 1 saturated heterocycles. The highest BCUT2D eigenvalue weighted by molar-refractivity contribution is 5.81. The molecule has 4 nitrogen and oxygen atoms in total. The zero-order chi connectivity index (χ0) is 14.8. The number of carbonyl (C=O) groups is 1. The van der Waals surface area contributed by atoms with Crippen LogP contribution >= 0.6 is 0 Å². The lowest BCUT2D eigenvalue weighted by molar-refractivity contribution is -0.138. The Labute approximate surface area is 126 Å². The molecule has 2 atom stereocenters. The number of likely N-dealkylation sites (tertiary alicyclic amines) is 1. The molecule has 1 aromatic carbocycles. The van der Waals surface area contributed by atoms with Crippen molar-refractivity contribution in [3.63, 3.8) is 0 Å². The molecular formula is C17H25N3O. The second kappa shape index (κ2) is 6.16. The van der Waals surface area contributed by atoms with E-state index in [9.17, 15) is 4.79 Å². The van der Waals surface area contributed by atoms with Crippen molar-refractivity contribution in [3.05, 3.63) is 35.4 Å². The molecule has 2 heterocycles. The normalized spacial score (nSPS) is 24.5. The number of hydrogen-bond donors (Lipinski definition) is 1. The van der Waals surface area contributed by atoms with Gasteiger partial charge in [0.25, 0.3) is 0 Å². The summed E-state index contributed by atoms with van der Waals surface area (Å²) >= 11 is 0. The number of rotatable bonds is 2. The Morgan fingerprint density at radius 3 is 2.81 bits per heavy atom. The fourth-order valence-corrected chi connectivity index (χ4v) is 3.48. The van der Waals surface area contributed by atoms with Crippen LogP contribution in [0.2, 0.25) is 0 Å². The predicted octanol–water partition coefficient (Wildman–Crippen LogP) is 1.38. The van der Waals surface area contributed by atoms with Gasteiger partial charge >= 0.3 is 0 Å². The molecule has 2 N–H and O–H groups in total. The summed E-state index contributed by atoms with van der Waals surface area (Å²) in [7, 11) is 0. The monoisotopic (exact) mass is 287 g/mol. The maximum Gasteiger partial charge on any atom is 0.239 e. The van der Waals surface area contributed by atoms with Crippen LogP contribution in [0.25, 0.3) is 0 Å². The van der Waals surface area contributed by atoms with E-state index in [2.05, 4.69) is 29.2 Å². The number of hydrogen-bond acceptors (Lipinski definition) is 3. The quantitative estimate of drug-likeness (QED) is 0.894. The van der Waals surface area contributed by atoms with Crippen molar-refractivity contribution in [1.82, 2.24) is 9.80 Å². The van der Waals surface area contributed by atoms with E-state index in [1.165, 1.54) is 11.1 Å². The van der Waals surface area contributed by atoms with Gasteiger partial charge in [0.2, 0.25) is 5.91 Å². The van der Waals surface area contributed by atoms with Crippen molar-refractivity contribution in [2.24, 2.45) is 5.73 Å². The van der Waals surface area contributed by atoms with Crippen molar-refractivity contribution in [2.45, 2.75) is 44.8 Å². The molecule has 1 fully saturated rings. The highest BCUT2D eigenvalue weighted by atomic mass is 16.2. The molecule has 3 rings (SSSR count). The highest BCUT2D eigenvalue weighted by Gasteiger charge is 2.30. The Morgan fingerprint density at radius 1 is 1.29 bits per heavy atom. The van der Waals surface area contributed by atoms with E-state index >= 15 is 0 Å². The number of carbonyl (C=O) groups excluding carboxylic acids is 1. The number of fused-ring (bicyclic) bond motifs is 1. The van der Waals surface area contributed by atoms with Gasteiger partial charge in [-0.2, -0.15) is 0 Å². The minimum Gasteiger partial charge on any atom is -0.340 e. The number of benzene rings is 1. The molecular weight excluding hydrogens is 262 g/mol. The van der Waals surface area contributed by atoms with E-state index in [1.807, 2.05) is 11.8 Å². The summed E-state index contributed by atoms with van der Waals surface area (Å²) in [6.07, 6.45) is 3.10. The van der Waals surface area contributed by atoms with Crippen LogP contribution in [0.1, 0.15) is 30.9 Å². The van der Waals surface area contributed by atoms with Crippen molar-refractivity contribution >= 4 is 5.91 Å². The van der Waals surface area contributed by atoms with Crippen molar-refractivity contribution in [3.8, 4) is 0 Å². The molecule has 2 aliphatic rings.